The number of piperidine rings is 1. The molecule has 0 aliphatic carbocycles. The summed E-state index contributed by atoms with van der Waals surface area (Å²) < 4.78 is 25.4. The number of rotatable bonds is 9. The molecule has 1 saturated heterocycles. The highest BCUT2D eigenvalue weighted by molar-refractivity contribution is 7.92. The molecule has 38 heavy (non-hydrogen) atoms. The van der Waals surface area contributed by atoms with Gasteiger partial charge in [0.25, 0.3) is 5.91 Å². The summed E-state index contributed by atoms with van der Waals surface area (Å²) in [6.45, 7) is 7.43. The average molecular weight is 538 g/mol. The number of nitrogens with zero attached hydrogens (tertiary/aromatic N) is 4. The average Bonchev–Trinajstić information content (AvgIpc) is 2.86. The van der Waals surface area contributed by atoms with Crippen molar-refractivity contribution in [2.24, 2.45) is 0 Å². The summed E-state index contributed by atoms with van der Waals surface area (Å²) in [6, 6.07) is 11.5. The van der Waals surface area contributed by atoms with E-state index in [-0.39, 0.29) is 23.8 Å². The molecule has 1 amide bonds. The standard InChI is InChI=1S/C27H35N7O3S/c1-5-24-21(17-30-27(32-24)31-23-8-6-7-18(2)13-23)16-29-22-10-12-34(19(3)14-22)26(35)20-9-11-28-25(15-20)33-38(4,36)37/h6-9,11,13,15,17,19,22,29H,5,10,12,14,16H2,1-4H3,(H,28,33)(H,30,31,32)/t19-,22-/m1/s1. The second-order valence-corrected chi connectivity index (χ2v) is 11.5. The Morgan fingerprint density at radius 1 is 1.18 bits per heavy atom. The van der Waals surface area contributed by atoms with E-state index in [2.05, 4.69) is 38.3 Å². The van der Waals surface area contributed by atoms with E-state index < -0.39 is 10.0 Å². The van der Waals surface area contributed by atoms with Crippen molar-refractivity contribution >= 4 is 33.4 Å². The van der Waals surface area contributed by atoms with Gasteiger partial charge in [-0.2, -0.15) is 0 Å². The first-order chi connectivity index (χ1) is 18.1. The fourth-order valence-corrected chi connectivity index (χ4v) is 5.19. The number of benzene rings is 1. The van der Waals surface area contributed by atoms with Gasteiger partial charge in [-0.05, 0) is 62.9 Å². The van der Waals surface area contributed by atoms with Gasteiger partial charge in [0.05, 0.1) is 11.9 Å². The molecule has 0 spiro atoms. The van der Waals surface area contributed by atoms with Gasteiger partial charge < -0.3 is 15.5 Å². The third kappa shape index (κ3) is 7.26. The summed E-state index contributed by atoms with van der Waals surface area (Å²) in [5.41, 5.74) is 4.61. The summed E-state index contributed by atoms with van der Waals surface area (Å²) >= 11 is 0. The lowest BCUT2D eigenvalue weighted by Crippen LogP contribution is -2.49. The molecule has 3 heterocycles. The van der Waals surface area contributed by atoms with Crippen LogP contribution in [0.1, 0.15) is 53.9 Å². The molecule has 202 valence electrons. The zero-order valence-corrected chi connectivity index (χ0v) is 23.0. The Balaban J connectivity index is 1.34. The maximum absolute atomic E-state index is 13.2. The fourth-order valence-electron chi connectivity index (χ4n) is 4.70. The van der Waals surface area contributed by atoms with Crippen molar-refractivity contribution in [3.8, 4) is 0 Å². The van der Waals surface area contributed by atoms with Crippen LogP contribution < -0.4 is 15.4 Å². The van der Waals surface area contributed by atoms with E-state index in [1.54, 1.807) is 6.07 Å². The zero-order valence-electron chi connectivity index (χ0n) is 22.2. The summed E-state index contributed by atoms with van der Waals surface area (Å²) in [5, 5.41) is 6.91. The van der Waals surface area contributed by atoms with Gasteiger partial charge in [-0.3, -0.25) is 9.52 Å². The molecule has 2 atom stereocenters. The first kappa shape index (κ1) is 27.5. The van der Waals surface area contributed by atoms with E-state index in [0.717, 1.165) is 42.5 Å². The third-order valence-electron chi connectivity index (χ3n) is 6.58. The molecular weight excluding hydrogens is 502 g/mol. The third-order valence-corrected chi connectivity index (χ3v) is 7.16. The van der Waals surface area contributed by atoms with E-state index in [4.69, 9.17) is 4.98 Å². The minimum Gasteiger partial charge on any atom is -0.336 e. The molecule has 10 nitrogen and oxygen atoms in total. The number of aromatic nitrogens is 3. The lowest BCUT2D eigenvalue weighted by atomic mass is 9.97. The molecule has 1 aliphatic rings. The molecule has 3 aromatic rings. The molecule has 3 N–H and O–H groups in total. The van der Waals surface area contributed by atoms with Crippen molar-refractivity contribution in [3.05, 3.63) is 71.2 Å². The van der Waals surface area contributed by atoms with Crippen LogP contribution in [0.3, 0.4) is 0 Å². The Morgan fingerprint density at radius 3 is 2.71 bits per heavy atom. The van der Waals surface area contributed by atoms with E-state index in [1.807, 2.05) is 43.1 Å². The van der Waals surface area contributed by atoms with Gasteiger partial charge in [0, 0.05) is 54.4 Å². The number of amides is 1. The van der Waals surface area contributed by atoms with Crippen LogP contribution in [0.5, 0.6) is 0 Å². The van der Waals surface area contributed by atoms with E-state index in [9.17, 15) is 13.2 Å². The highest BCUT2D eigenvalue weighted by Gasteiger charge is 2.29. The highest BCUT2D eigenvalue weighted by Crippen LogP contribution is 2.22. The second-order valence-electron chi connectivity index (χ2n) is 9.77. The van der Waals surface area contributed by atoms with Crippen LogP contribution in [-0.4, -0.2) is 59.1 Å². The number of carbonyl (C=O) groups excluding carboxylic acids is 1. The summed E-state index contributed by atoms with van der Waals surface area (Å²) in [4.78, 5) is 28.2. The number of sulfonamides is 1. The Labute approximate surface area is 224 Å². The minimum atomic E-state index is -3.47. The quantitative estimate of drug-likeness (QED) is 0.377. The van der Waals surface area contributed by atoms with E-state index >= 15 is 0 Å². The first-order valence-electron chi connectivity index (χ1n) is 12.8. The monoisotopic (exact) mass is 537 g/mol. The lowest BCUT2D eigenvalue weighted by Gasteiger charge is -2.38. The molecule has 0 radical (unpaired) electrons. The van der Waals surface area contributed by atoms with Gasteiger partial charge in [0.15, 0.2) is 0 Å². The van der Waals surface area contributed by atoms with Crippen molar-refractivity contribution in [1.29, 1.82) is 0 Å². The number of hydrogen-bond acceptors (Lipinski definition) is 8. The van der Waals surface area contributed by atoms with Gasteiger partial charge in [0.1, 0.15) is 5.82 Å². The summed E-state index contributed by atoms with van der Waals surface area (Å²) in [7, 11) is -3.47. The van der Waals surface area contributed by atoms with Crippen LogP contribution in [0.25, 0.3) is 0 Å². The highest BCUT2D eigenvalue weighted by atomic mass is 32.2. The smallest absolute Gasteiger partial charge is 0.254 e. The van der Waals surface area contributed by atoms with Crippen molar-refractivity contribution in [3.63, 3.8) is 0 Å². The first-order valence-corrected chi connectivity index (χ1v) is 14.7. The van der Waals surface area contributed by atoms with Crippen LogP contribution in [0.15, 0.2) is 48.8 Å². The number of aryl methyl sites for hydroxylation is 2. The van der Waals surface area contributed by atoms with Crippen LogP contribution in [0.4, 0.5) is 17.5 Å². The topological polar surface area (TPSA) is 129 Å². The lowest BCUT2D eigenvalue weighted by molar-refractivity contribution is 0.0602. The van der Waals surface area contributed by atoms with Crippen molar-refractivity contribution in [2.75, 3.05) is 22.8 Å². The normalized spacial score (nSPS) is 17.7. The Hall–Kier alpha value is -3.57. The van der Waals surface area contributed by atoms with Gasteiger partial charge in [-0.15, -0.1) is 0 Å². The van der Waals surface area contributed by atoms with Gasteiger partial charge >= 0.3 is 0 Å². The molecule has 1 aliphatic heterocycles. The van der Waals surface area contributed by atoms with E-state index in [0.29, 0.717) is 24.6 Å². The Morgan fingerprint density at radius 2 is 2.00 bits per heavy atom. The molecule has 0 unspecified atom stereocenters. The maximum atomic E-state index is 13.2. The molecule has 2 aromatic heterocycles. The maximum Gasteiger partial charge on any atom is 0.254 e. The molecule has 0 saturated carbocycles. The molecule has 1 fully saturated rings. The summed E-state index contributed by atoms with van der Waals surface area (Å²) in [6.07, 6.45) is 6.79. The number of likely N-dealkylation sites (tertiary alicyclic amines) is 1. The number of anilines is 3. The fraction of sp³-hybridized carbons (Fsp3) is 0.407. The number of carbonyl (C=O) groups is 1. The van der Waals surface area contributed by atoms with Crippen LogP contribution in [0.2, 0.25) is 0 Å². The summed E-state index contributed by atoms with van der Waals surface area (Å²) in [5.74, 6) is 0.590. The Bertz CT molecular complexity index is 1400. The number of pyridine rings is 1. The zero-order chi connectivity index (χ0) is 27.3. The molecule has 1 aromatic carbocycles. The largest absolute Gasteiger partial charge is 0.336 e. The van der Waals surface area contributed by atoms with Crippen molar-refractivity contribution in [1.82, 2.24) is 25.2 Å². The number of nitrogens with one attached hydrogen (secondary N) is 3. The molecule has 11 heteroatoms. The van der Waals surface area contributed by atoms with Crippen LogP contribution in [-0.2, 0) is 23.0 Å². The van der Waals surface area contributed by atoms with Crippen molar-refractivity contribution in [2.45, 2.75) is 58.7 Å². The molecule has 0 bridgehead atoms. The van der Waals surface area contributed by atoms with Crippen LogP contribution >= 0.6 is 0 Å². The van der Waals surface area contributed by atoms with Gasteiger partial charge in [-0.1, -0.05) is 19.1 Å². The molecule has 4 rings (SSSR count). The van der Waals surface area contributed by atoms with E-state index in [1.165, 1.54) is 17.8 Å². The Kier molecular flexibility index (Phi) is 8.58. The van der Waals surface area contributed by atoms with Crippen LogP contribution in [0, 0.1) is 6.92 Å². The van der Waals surface area contributed by atoms with Crippen molar-refractivity contribution < 1.29 is 13.2 Å². The van der Waals surface area contributed by atoms with Gasteiger partial charge in [0.2, 0.25) is 16.0 Å². The predicted octanol–water partition coefficient (Wildman–Crippen LogP) is 3.64. The SMILES string of the molecule is CCc1nc(Nc2cccc(C)c2)ncc1CN[C@@H]1CCN(C(=O)c2ccnc(NS(C)(=O)=O)c2)[C@H](C)C1. The molecular formula is C27H35N7O3S. The second kappa shape index (κ2) is 11.9. The number of hydrogen-bond donors (Lipinski definition) is 3. The van der Waals surface area contributed by atoms with Gasteiger partial charge in [-0.25, -0.2) is 23.4 Å². The minimum absolute atomic E-state index is 0.0241. The predicted molar refractivity (Wildman–Crippen MR) is 149 cm³/mol.